The highest BCUT2D eigenvalue weighted by atomic mass is 16.2. The van der Waals surface area contributed by atoms with E-state index in [9.17, 15) is 4.79 Å². The summed E-state index contributed by atoms with van der Waals surface area (Å²) in [7, 11) is 0. The number of pyridine rings is 2. The zero-order chi connectivity index (χ0) is 19.4. The summed E-state index contributed by atoms with van der Waals surface area (Å²) < 4.78 is 0. The van der Waals surface area contributed by atoms with Gasteiger partial charge in [0, 0.05) is 30.8 Å². The Morgan fingerprint density at radius 1 is 0.893 bits per heavy atom. The molecular formula is C23H32N4O. The summed E-state index contributed by atoms with van der Waals surface area (Å²) in [6.07, 6.45) is 16.1. The largest absolute Gasteiger partial charge is 0.352 e. The lowest BCUT2D eigenvalue weighted by atomic mass is 9.99. The van der Waals surface area contributed by atoms with Crippen LogP contribution in [0.2, 0.25) is 0 Å². The van der Waals surface area contributed by atoms with Gasteiger partial charge in [-0.2, -0.15) is 0 Å². The van der Waals surface area contributed by atoms with Crippen LogP contribution >= 0.6 is 0 Å². The van der Waals surface area contributed by atoms with Gasteiger partial charge in [0.25, 0.3) is 0 Å². The number of carbonyl (C=O) groups is 1. The fraction of sp³-hybridized carbons (Fsp3) is 0.522. The number of hydrogen-bond acceptors (Lipinski definition) is 4. The van der Waals surface area contributed by atoms with Gasteiger partial charge in [0.1, 0.15) is 0 Å². The van der Waals surface area contributed by atoms with Gasteiger partial charge in [-0.25, -0.2) is 0 Å². The summed E-state index contributed by atoms with van der Waals surface area (Å²) in [6.45, 7) is 2.66. The zero-order valence-corrected chi connectivity index (χ0v) is 16.7. The summed E-state index contributed by atoms with van der Waals surface area (Å²) in [5.74, 6) is 0.180. The van der Waals surface area contributed by atoms with E-state index in [-0.39, 0.29) is 11.9 Å². The van der Waals surface area contributed by atoms with Gasteiger partial charge in [0.05, 0.1) is 6.54 Å². The van der Waals surface area contributed by atoms with E-state index in [1.807, 2.05) is 24.8 Å². The lowest BCUT2D eigenvalue weighted by Gasteiger charge is -2.21. The van der Waals surface area contributed by atoms with Crippen LogP contribution in [-0.4, -0.2) is 46.5 Å². The first-order chi connectivity index (χ1) is 13.8. The number of amides is 1. The van der Waals surface area contributed by atoms with Gasteiger partial charge in [0.15, 0.2) is 0 Å². The number of likely N-dealkylation sites (tertiary alicyclic amines) is 1. The van der Waals surface area contributed by atoms with Crippen molar-refractivity contribution < 1.29 is 4.79 Å². The molecule has 0 bridgehead atoms. The number of aromatic nitrogens is 2. The van der Waals surface area contributed by atoms with Gasteiger partial charge in [-0.15, -0.1) is 0 Å². The van der Waals surface area contributed by atoms with Crippen LogP contribution in [0.5, 0.6) is 0 Å². The molecule has 3 rings (SSSR count). The molecule has 1 aliphatic rings. The van der Waals surface area contributed by atoms with E-state index in [2.05, 4.69) is 44.5 Å². The van der Waals surface area contributed by atoms with E-state index >= 15 is 0 Å². The number of hydrogen-bond donors (Lipinski definition) is 1. The van der Waals surface area contributed by atoms with Gasteiger partial charge in [-0.1, -0.05) is 0 Å². The third-order valence-electron chi connectivity index (χ3n) is 5.47. The fourth-order valence-corrected chi connectivity index (χ4v) is 3.91. The van der Waals surface area contributed by atoms with Crippen molar-refractivity contribution >= 4 is 5.91 Å². The topological polar surface area (TPSA) is 58.1 Å². The molecule has 1 N–H and O–H groups in total. The first kappa shape index (κ1) is 20.5. The number of nitrogens with zero attached hydrogens (tertiary/aromatic N) is 3. The van der Waals surface area contributed by atoms with Crippen LogP contribution in [0.1, 0.15) is 49.7 Å². The molecule has 0 aliphatic carbocycles. The molecule has 0 atom stereocenters. The minimum absolute atomic E-state index is 0.180. The number of rotatable bonds is 11. The van der Waals surface area contributed by atoms with Crippen LogP contribution in [-0.2, 0) is 17.6 Å². The van der Waals surface area contributed by atoms with E-state index in [0.29, 0.717) is 6.54 Å². The van der Waals surface area contributed by atoms with Crippen molar-refractivity contribution in [1.82, 2.24) is 20.2 Å². The second kappa shape index (κ2) is 11.5. The fourth-order valence-electron chi connectivity index (χ4n) is 3.91. The Bertz CT molecular complexity index is 641. The van der Waals surface area contributed by atoms with Crippen LogP contribution in [0.25, 0.3) is 0 Å². The normalized spacial score (nSPS) is 14.5. The lowest BCUT2D eigenvalue weighted by molar-refractivity contribution is -0.122. The van der Waals surface area contributed by atoms with Crippen molar-refractivity contribution in [3.63, 3.8) is 0 Å². The molecular weight excluding hydrogens is 348 g/mol. The van der Waals surface area contributed by atoms with Crippen molar-refractivity contribution in [2.75, 3.05) is 19.6 Å². The summed E-state index contributed by atoms with van der Waals surface area (Å²) in [4.78, 5) is 22.9. The van der Waals surface area contributed by atoms with Crippen molar-refractivity contribution in [1.29, 1.82) is 0 Å². The third kappa shape index (κ3) is 7.39. The maximum absolute atomic E-state index is 12.5. The van der Waals surface area contributed by atoms with Crippen LogP contribution in [0, 0.1) is 0 Å². The molecule has 0 saturated carbocycles. The zero-order valence-electron chi connectivity index (χ0n) is 16.7. The number of aryl methyl sites for hydroxylation is 2. The molecule has 5 heteroatoms. The molecule has 150 valence electrons. The Morgan fingerprint density at radius 2 is 1.39 bits per heavy atom. The highest BCUT2D eigenvalue weighted by molar-refractivity contribution is 5.78. The van der Waals surface area contributed by atoms with Crippen molar-refractivity contribution in [3.8, 4) is 0 Å². The second-order valence-corrected chi connectivity index (χ2v) is 7.74. The van der Waals surface area contributed by atoms with Crippen LogP contribution < -0.4 is 5.32 Å². The van der Waals surface area contributed by atoms with E-state index < -0.39 is 0 Å². The molecule has 0 unspecified atom stereocenters. The standard InChI is InChI=1S/C23H32N4O/c28-23(19-27-17-1-2-18-27)26-22(7-3-5-20-9-13-24-14-10-20)8-4-6-21-11-15-25-16-12-21/h9-16,22H,1-8,17-19H2,(H,26,28). The molecule has 1 amide bonds. The van der Waals surface area contributed by atoms with Gasteiger partial charge in [-0.05, 0) is 99.8 Å². The summed E-state index contributed by atoms with van der Waals surface area (Å²) in [6, 6.07) is 8.54. The van der Waals surface area contributed by atoms with E-state index in [1.165, 1.54) is 24.0 Å². The Balaban J connectivity index is 1.46. The van der Waals surface area contributed by atoms with Crippen LogP contribution in [0.3, 0.4) is 0 Å². The molecule has 2 aromatic rings. The molecule has 0 aromatic carbocycles. The average Bonchev–Trinajstić information content (AvgIpc) is 3.22. The molecule has 1 aliphatic heterocycles. The minimum Gasteiger partial charge on any atom is -0.352 e. The molecule has 3 heterocycles. The quantitative estimate of drug-likeness (QED) is 0.649. The Labute approximate surface area is 168 Å². The predicted molar refractivity (Wildman–Crippen MR) is 112 cm³/mol. The smallest absolute Gasteiger partial charge is 0.234 e. The SMILES string of the molecule is O=C(CN1CCCC1)NC(CCCc1ccncc1)CCCc1ccncc1. The summed E-state index contributed by atoms with van der Waals surface area (Å²) in [5, 5.41) is 3.31. The Morgan fingerprint density at radius 3 is 1.89 bits per heavy atom. The molecule has 28 heavy (non-hydrogen) atoms. The summed E-state index contributed by atoms with van der Waals surface area (Å²) >= 11 is 0. The maximum atomic E-state index is 12.5. The van der Waals surface area contributed by atoms with Crippen molar-refractivity contribution in [3.05, 3.63) is 60.2 Å². The lowest BCUT2D eigenvalue weighted by Crippen LogP contribution is -2.41. The molecule has 0 radical (unpaired) electrons. The van der Waals surface area contributed by atoms with Gasteiger partial charge < -0.3 is 5.32 Å². The predicted octanol–water partition coefficient (Wildman–Crippen LogP) is 3.40. The maximum Gasteiger partial charge on any atom is 0.234 e. The molecule has 0 spiro atoms. The van der Waals surface area contributed by atoms with Gasteiger partial charge in [0.2, 0.25) is 5.91 Å². The monoisotopic (exact) mass is 380 g/mol. The third-order valence-corrected chi connectivity index (χ3v) is 5.47. The highest BCUT2D eigenvalue weighted by Crippen LogP contribution is 2.13. The van der Waals surface area contributed by atoms with Crippen LogP contribution in [0.15, 0.2) is 49.1 Å². The molecule has 1 fully saturated rings. The van der Waals surface area contributed by atoms with Crippen LogP contribution in [0.4, 0.5) is 0 Å². The Hall–Kier alpha value is -2.27. The average molecular weight is 381 g/mol. The minimum atomic E-state index is 0.180. The number of carbonyl (C=O) groups excluding carboxylic acids is 1. The molecule has 1 saturated heterocycles. The van der Waals surface area contributed by atoms with Crippen molar-refractivity contribution in [2.45, 2.75) is 57.4 Å². The highest BCUT2D eigenvalue weighted by Gasteiger charge is 2.18. The number of nitrogens with one attached hydrogen (secondary N) is 1. The van der Waals surface area contributed by atoms with E-state index in [4.69, 9.17) is 0 Å². The van der Waals surface area contributed by atoms with E-state index in [1.54, 1.807) is 0 Å². The Kier molecular flexibility index (Phi) is 8.44. The summed E-state index contributed by atoms with van der Waals surface area (Å²) in [5.41, 5.74) is 2.63. The molecule has 2 aromatic heterocycles. The second-order valence-electron chi connectivity index (χ2n) is 7.74. The van der Waals surface area contributed by atoms with Gasteiger partial charge in [-0.3, -0.25) is 19.7 Å². The van der Waals surface area contributed by atoms with Gasteiger partial charge >= 0.3 is 0 Å². The van der Waals surface area contributed by atoms with Crippen molar-refractivity contribution in [2.24, 2.45) is 0 Å². The van der Waals surface area contributed by atoms with E-state index in [0.717, 1.165) is 51.6 Å². The first-order valence-electron chi connectivity index (χ1n) is 10.6. The first-order valence-corrected chi connectivity index (χ1v) is 10.6. The molecule has 5 nitrogen and oxygen atoms in total.